The van der Waals surface area contributed by atoms with Crippen LogP contribution >= 0.6 is 11.6 Å². The number of para-hydroxylation sites is 1. The zero-order chi connectivity index (χ0) is 13.1. The summed E-state index contributed by atoms with van der Waals surface area (Å²) >= 11 is 5.85. The van der Waals surface area contributed by atoms with Gasteiger partial charge in [-0.3, -0.25) is 0 Å². The molecule has 1 fully saturated rings. The zero-order valence-corrected chi connectivity index (χ0v) is 10.9. The number of nitrogen functional groups attached to an aromatic ring is 1. The fourth-order valence-corrected chi connectivity index (χ4v) is 2.14. The van der Waals surface area contributed by atoms with Crippen LogP contribution in [0.3, 0.4) is 0 Å². The van der Waals surface area contributed by atoms with E-state index in [1.807, 2.05) is 6.92 Å². The lowest BCUT2D eigenvalue weighted by molar-refractivity contribution is -0.00259. The smallest absolute Gasteiger partial charge is 0.340 e. The number of hydrogen-bond acceptors (Lipinski definition) is 4. The predicted octanol–water partition coefficient (Wildman–Crippen LogP) is 2.65. The molecule has 1 aromatic rings. The van der Waals surface area contributed by atoms with E-state index in [9.17, 15) is 4.79 Å². The number of anilines is 1. The zero-order valence-electron chi connectivity index (χ0n) is 10.2. The summed E-state index contributed by atoms with van der Waals surface area (Å²) in [6, 6.07) is 4.90. The Morgan fingerprint density at radius 1 is 1.56 bits per heavy atom. The molecule has 98 valence electrons. The third-order valence-corrected chi connectivity index (χ3v) is 3.32. The van der Waals surface area contributed by atoms with Crippen molar-refractivity contribution < 1.29 is 14.3 Å². The van der Waals surface area contributed by atoms with Gasteiger partial charge in [0.05, 0.1) is 28.5 Å². The first-order valence-corrected chi connectivity index (χ1v) is 6.32. The highest BCUT2D eigenvalue weighted by Crippen LogP contribution is 2.24. The molecule has 2 atom stereocenters. The number of benzene rings is 1. The molecule has 0 aliphatic carbocycles. The molecule has 1 aromatic carbocycles. The van der Waals surface area contributed by atoms with Crippen LogP contribution in [0.1, 0.15) is 30.1 Å². The predicted molar refractivity (Wildman–Crippen MR) is 69.7 cm³/mol. The first-order chi connectivity index (χ1) is 8.58. The Kier molecular flexibility index (Phi) is 4.09. The van der Waals surface area contributed by atoms with Crippen LogP contribution < -0.4 is 5.73 Å². The lowest BCUT2D eigenvalue weighted by atomic mass is 10.2. The molecule has 18 heavy (non-hydrogen) atoms. The molecule has 0 spiro atoms. The molecule has 4 nitrogen and oxygen atoms in total. The second-order valence-corrected chi connectivity index (χ2v) is 4.85. The SMILES string of the molecule is CC1CCC(COC(=O)c2cccc(Cl)c2N)O1. The number of hydrogen-bond donors (Lipinski definition) is 1. The van der Waals surface area contributed by atoms with Crippen molar-refractivity contribution in [2.45, 2.75) is 32.0 Å². The molecular formula is C13H16ClNO3. The molecule has 2 unspecified atom stereocenters. The van der Waals surface area contributed by atoms with Gasteiger partial charge in [0.25, 0.3) is 0 Å². The van der Waals surface area contributed by atoms with Gasteiger partial charge < -0.3 is 15.2 Å². The van der Waals surface area contributed by atoms with Crippen LogP contribution in [0.25, 0.3) is 0 Å². The van der Waals surface area contributed by atoms with Gasteiger partial charge in [-0.2, -0.15) is 0 Å². The molecule has 1 heterocycles. The number of nitrogens with two attached hydrogens (primary N) is 1. The minimum atomic E-state index is -0.460. The summed E-state index contributed by atoms with van der Waals surface area (Å²) in [7, 11) is 0. The summed E-state index contributed by atoms with van der Waals surface area (Å²) in [4.78, 5) is 11.8. The highest BCUT2D eigenvalue weighted by Gasteiger charge is 2.23. The second-order valence-electron chi connectivity index (χ2n) is 4.45. The maximum atomic E-state index is 11.8. The Balaban J connectivity index is 1.94. The summed E-state index contributed by atoms with van der Waals surface area (Å²) in [5.41, 5.74) is 6.28. The number of carbonyl (C=O) groups excluding carboxylic acids is 1. The average Bonchev–Trinajstić information content (AvgIpc) is 2.76. The maximum Gasteiger partial charge on any atom is 0.340 e. The van der Waals surface area contributed by atoms with Crippen LogP contribution in [0.4, 0.5) is 5.69 Å². The Morgan fingerprint density at radius 3 is 3.00 bits per heavy atom. The number of esters is 1. The average molecular weight is 270 g/mol. The van der Waals surface area contributed by atoms with Gasteiger partial charge >= 0.3 is 5.97 Å². The van der Waals surface area contributed by atoms with Gasteiger partial charge in [0.2, 0.25) is 0 Å². The van der Waals surface area contributed by atoms with E-state index >= 15 is 0 Å². The number of rotatable bonds is 3. The Bertz CT molecular complexity index is 450. The molecule has 2 N–H and O–H groups in total. The summed E-state index contributed by atoms with van der Waals surface area (Å²) in [5.74, 6) is -0.460. The van der Waals surface area contributed by atoms with Crippen molar-refractivity contribution in [2.24, 2.45) is 0 Å². The van der Waals surface area contributed by atoms with Gasteiger partial charge in [-0.25, -0.2) is 4.79 Å². The van der Waals surface area contributed by atoms with Gasteiger partial charge in [-0.15, -0.1) is 0 Å². The summed E-state index contributed by atoms with van der Waals surface area (Å²) in [5, 5.41) is 0.357. The highest BCUT2D eigenvalue weighted by atomic mass is 35.5. The molecule has 0 aromatic heterocycles. The number of halogens is 1. The molecule has 0 saturated carbocycles. The van der Waals surface area contributed by atoms with E-state index in [1.54, 1.807) is 18.2 Å². The normalized spacial score (nSPS) is 23.0. The Labute approximate surface area is 111 Å². The van der Waals surface area contributed by atoms with E-state index in [1.165, 1.54) is 0 Å². The van der Waals surface area contributed by atoms with Gasteiger partial charge in [0, 0.05) is 0 Å². The monoisotopic (exact) mass is 269 g/mol. The number of carbonyl (C=O) groups is 1. The van der Waals surface area contributed by atoms with Crippen LogP contribution in [0.2, 0.25) is 5.02 Å². The first-order valence-electron chi connectivity index (χ1n) is 5.94. The van der Waals surface area contributed by atoms with E-state index in [0.29, 0.717) is 10.6 Å². The second kappa shape index (κ2) is 5.59. The molecule has 0 amide bonds. The largest absolute Gasteiger partial charge is 0.459 e. The maximum absolute atomic E-state index is 11.8. The molecule has 0 radical (unpaired) electrons. The van der Waals surface area contributed by atoms with Gasteiger partial charge in [-0.1, -0.05) is 17.7 Å². The quantitative estimate of drug-likeness (QED) is 0.677. The van der Waals surface area contributed by atoms with E-state index in [0.717, 1.165) is 12.8 Å². The molecule has 5 heteroatoms. The molecule has 0 bridgehead atoms. The van der Waals surface area contributed by atoms with E-state index in [4.69, 9.17) is 26.8 Å². The summed E-state index contributed by atoms with van der Waals surface area (Å²) in [6.45, 7) is 2.27. The van der Waals surface area contributed by atoms with Crippen molar-refractivity contribution in [3.63, 3.8) is 0 Å². The third kappa shape index (κ3) is 2.94. The minimum absolute atomic E-state index is 0.00985. The fraction of sp³-hybridized carbons (Fsp3) is 0.462. The number of ether oxygens (including phenoxy) is 2. The lowest BCUT2D eigenvalue weighted by Crippen LogP contribution is -2.19. The van der Waals surface area contributed by atoms with Crippen molar-refractivity contribution in [1.29, 1.82) is 0 Å². The molecule has 1 saturated heterocycles. The molecule has 1 aliphatic rings. The van der Waals surface area contributed by atoms with Gasteiger partial charge in [0.1, 0.15) is 6.61 Å². The van der Waals surface area contributed by atoms with E-state index in [-0.39, 0.29) is 24.5 Å². The molecule has 2 rings (SSSR count). The lowest BCUT2D eigenvalue weighted by Gasteiger charge is -2.12. The summed E-state index contributed by atoms with van der Waals surface area (Å²) in [6.07, 6.45) is 2.15. The van der Waals surface area contributed by atoms with Crippen LogP contribution in [-0.4, -0.2) is 24.8 Å². The fourth-order valence-electron chi connectivity index (χ4n) is 1.97. The Hall–Kier alpha value is -1.26. The van der Waals surface area contributed by atoms with Gasteiger partial charge in [-0.05, 0) is 31.9 Å². The van der Waals surface area contributed by atoms with Crippen molar-refractivity contribution in [3.8, 4) is 0 Å². The van der Waals surface area contributed by atoms with Crippen molar-refractivity contribution >= 4 is 23.3 Å². The van der Waals surface area contributed by atoms with Crippen LogP contribution in [0.15, 0.2) is 18.2 Å². The van der Waals surface area contributed by atoms with Crippen LogP contribution in [0, 0.1) is 0 Å². The van der Waals surface area contributed by atoms with Crippen molar-refractivity contribution in [2.75, 3.05) is 12.3 Å². The standard InChI is InChI=1S/C13H16ClNO3/c1-8-5-6-9(18-8)7-17-13(16)10-3-2-4-11(14)12(10)15/h2-4,8-9H,5-7,15H2,1H3. The van der Waals surface area contributed by atoms with Gasteiger partial charge in [0.15, 0.2) is 0 Å². The van der Waals surface area contributed by atoms with Crippen molar-refractivity contribution in [1.82, 2.24) is 0 Å². The van der Waals surface area contributed by atoms with E-state index in [2.05, 4.69) is 0 Å². The summed E-state index contributed by atoms with van der Waals surface area (Å²) < 4.78 is 10.8. The minimum Gasteiger partial charge on any atom is -0.459 e. The van der Waals surface area contributed by atoms with Crippen LogP contribution in [-0.2, 0) is 9.47 Å². The molecular weight excluding hydrogens is 254 g/mol. The molecule has 1 aliphatic heterocycles. The highest BCUT2D eigenvalue weighted by molar-refractivity contribution is 6.33. The van der Waals surface area contributed by atoms with E-state index < -0.39 is 5.97 Å². The Morgan fingerprint density at radius 2 is 2.33 bits per heavy atom. The van der Waals surface area contributed by atoms with Crippen molar-refractivity contribution in [3.05, 3.63) is 28.8 Å². The third-order valence-electron chi connectivity index (χ3n) is 2.99. The van der Waals surface area contributed by atoms with Crippen LogP contribution in [0.5, 0.6) is 0 Å². The first kappa shape index (κ1) is 13.2. The topological polar surface area (TPSA) is 61.5 Å².